The molecule has 0 radical (unpaired) electrons. The van der Waals surface area contributed by atoms with Gasteiger partial charge in [-0.15, -0.1) is 11.3 Å². The van der Waals surface area contributed by atoms with Crippen molar-refractivity contribution in [2.45, 2.75) is 51.0 Å². The predicted molar refractivity (Wildman–Crippen MR) is 98.1 cm³/mol. The molecule has 2 N–H and O–H groups in total. The lowest BCUT2D eigenvalue weighted by Gasteiger charge is -2.28. The Morgan fingerprint density at radius 2 is 2.28 bits per heavy atom. The fourth-order valence-electron chi connectivity index (χ4n) is 4.01. The first kappa shape index (κ1) is 16.7. The van der Waals surface area contributed by atoms with Crippen LogP contribution in [0, 0.1) is 6.92 Å². The third-order valence-electron chi connectivity index (χ3n) is 5.35. The van der Waals surface area contributed by atoms with E-state index in [1.165, 1.54) is 12.8 Å². The van der Waals surface area contributed by atoms with Crippen molar-refractivity contribution in [3.05, 3.63) is 33.0 Å². The SMILES string of the molecule is Cc1nc(C2CCCN(C)C2)sc1C(=O)NC1CCCc2[nH]ncc21. The normalized spacial score (nSPS) is 24.1. The minimum absolute atomic E-state index is 0.00413. The topological polar surface area (TPSA) is 73.9 Å². The van der Waals surface area contributed by atoms with E-state index >= 15 is 0 Å². The van der Waals surface area contributed by atoms with Gasteiger partial charge < -0.3 is 10.2 Å². The molecule has 2 atom stereocenters. The number of thiazole rings is 1. The molecule has 1 amide bonds. The number of hydrogen-bond donors (Lipinski definition) is 2. The molecule has 2 unspecified atom stereocenters. The van der Waals surface area contributed by atoms with Crippen LogP contribution in [0.15, 0.2) is 6.20 Å². The molecular formula is C18H25N5OS. The maximum atomic E-state index is 12.8. The zero-order chi connectivity index (χ0) is 17.4. The van der Waals surface area contributed by atoms with Crippen molar-refractivity contribution in [3.63, 3.8) is 0 Å². The molecule has 6 nitrogen and oxygen atoms in total. The number of amides is 1. The van der Waals surface area contributed by atoms with Gasteiger partial charge in [-0.3, -0.25) is 9.89 Å². The number of carbonyl (C=O) groups is 1. The van der Waals surface area contributed by atoms with Crippen molar-refractivity contribution in [1.82, 2.24) is 25.4 Å². The molecule has 7 heteroatoms. The fourth-order valence-corrected chi connectivity index (χ4v) is 5.10. The van der Waals surface area contributed by atoms with E-state index in [2.05, 4.69) is 27.5 Å². The van der Waals surface area contributed by atoms with Crippen molar-refractivity contribution in [3.8, 4) is 0 Å². The monoisotopic (exact) mass is 359 g/mol. The first-order chi connectivity index (χ1) is 12.1. The molecule has 134 valence electrons. The van der Waals surface area contributed by atoms with E-state index in [0.717, 1.165) is 59.2 Å². The van der Waals surface area contributed by atoms with E-state index in [1.54, 1.807) is 11.3 Å². The van der Waals surface area contributed by atoms with Crippen LogP contribution in [0.5, 0.6) is 0 Å². The van der Waals surface area contributed by atoms with Gasteiger partial charge in [-0.2, -0.15) is 5.10 Å². The molecule has 1 saturated heterocycles. The van der Waals surface area contributed by atoms with E-state index in [-0.39, 0.29) is 11.9 Å². The van der Waals surface area contributed by atoms with Gasteiger partial charge >= 0.3 is 0 Å². The van der Waals surface area contributed by atoms with Gasteiger partial charge in [-0.25, -0.2) is 4.98 Å². The summed E-state index contributed by atoms with van der Waals surface area (Å²) in [7, 11) is 2.16. The molecule has 2 aromatic rings. The summed E-state index contributed by atoms with van der Waals surface area (Å²) in [6, 6.07) is 0.0563. The highest BCUT2D eigenvalue weighted by Crippen LogP contribution is 2.32. The van der Waals surface area contributed by atoms with E-state index in [0.29, 0.717) is 5.92 Å². The quantitative estimate of drug-likeness (QED) is 0.884. The smallest absolute Gasteiger partial charge is 0.263 e. The minimum Gasteiger partial charge on any atom is -0.344 e. The molecular weight excluding hydrogens is 334 g/mol. The lowest BCUT2D eigenvalue weighted by molar-refractivity contribution is 0.0936. The van der Waals surface area contributed by atoms with Gasteiger partial charge in [0.25, 0.3) is 5.91 Å². The third-order valence-corrected chi connectivity index (χ3v) is 6.66. The van der Waals surface area contributed by atoms with Gasteiger partial charge in [0.05, 0.1) is 22.9 Å². The number of carbonyl (C=O) groups excluding carboxylic acids is 1. The number of hydrogen-bond acceptors (Lipinski definition) is 5. The molecule has 0 saturated carbocycles. The lowest BCUT2D eigenvalue weighted by Crippen LogP contribution is -2.30. The van der Waals surface area contributed by atoms with E-state index < -0.39 is 0 Å². The minimum atomic E-state index is 0.00413. The molecule has 0 spiro atoms. The third kappa shape index (κ3) is 3.35. The summed E-state index contributed by atoms with van der Waals surface area (Å²) < 4.78 is 0. The zero-order valence-corrected chi connectivity index (χ0v) is 15.7. The number of likely N-dealkylation sites (N-methyl/N-ethyl adjacent to an activating group) is 1. The number of fused-ring (bicyclic) bond motifs is 1. The van der Waals surface area contributed by atoms with Crippen molar-refractivity contribution < 1.29 is 4.79 Å². The van der Waals surface area contributed by atoms with Crippen molar-refractivity contribution in [2.75, 3.05) is 20.1 Å². The van der Waals surface area contributed by atoms with Crippen molar-refractivity contribution >= 4 is 17.2 Å². The Labute approximate surface area is 152 Å². The first-order valence-electron chi connectivity index (χ1n) is 9.10. The van der Waals surface area contributed by atoms with Crippen LogP contribution in [-0.4, -0.2) is 46.1 Å². The molecule has 0 bridgehead atoms. The summed E-state index contributed by atoms with van der Waals surface area (Å²) in [5.74, 6) is 0.462. The number of nitrogens with one attached hydrogen (secondary N) is 2. The van der Waals surface area contributed by atoms with E-state index in [1.807, 2.05) is 13.1 Å². The van der Waals surface area contributed by atoms with Gasteiger partial charge in [0.1, 0.15) is 4.88 Å². The second-order valence-electron chi connectivity index (χ2n) is 7.29. The zero-order valence-electron chi connectivity index (χ0n) is 14.8. The Bertz CT molecular complexity index is 767. The Morgan fingerprint density at radius 1 is 1.40 bits per heavy atom. The van der Waals surface area contributed by atoms with Crippen LogP contribution in [0.4, 0.5) is 0 Å². The molecule has 0 aromatic carbocycles. The van der Waals surface area contributed by atoms with Crippen LogP contribution in [0.1, 0.15) is 69.3 Å². The van der Waals surface area contributed by atoms with Crippen LogP contribution in [0.25, 0.3) is 0 Å². The van der Waals surface area contributed by atoms with Crippen LogP contribution in [0.3, 0.4) is 0 Å². The highest BCUT2D eigenvalue weighted by Gasteiger charge is 2.27. The molecule has 25 heavy (non-hydrogen) atoms. The number of likely N-dealkylation sites (tertiary alicyclic amines) is 1. The van der Waals surface area contributed by atoms with E-state index in [4.69, 9.17) is 4.98 Å². The number of rotatable bonds is 3. The Morgan fingerprint density at radius 3 is 3.12 bits per heavy atom. The van der Waals surface area contributed by atoms with Crippen LogP contribution >= 0.6 is 11.3 Å². The van der Waals surface area contributed by atoms with Gasteiger partial charge in [0.15, 0.2) is 0 Å². The second-order valence-corrected chi connectivity index (χ2v) is 8.32. The number of aryl methyl sites for hydroxylation is 2. The maximum Gasteiger partial charge on any atom is 0.263 e. The Kier molecular flexibility index (Phi) is 4.60. The Hall–Kier alpha value is -1.73. The summed E-state index contributed by atoms with van der Waals surface area (Å²) in [6.45, 7) is 4.14. The number of aromatic amines is 1. The van der Waals surface area contributed by atoms with Gasteiger partial charge in [-0.1, -0.05) is 0 Å². The van der Waals surface area contributed by atoms with Crippen LogP contribution in [0.2, 0.25) is 0 Å². The summed E-state index contributed by atoms with van der Waals surface area (Å²) in [5, 5.41) is 11.5. The van der Waals surface area contributed by atoms with Gasteiger partial charge in [0, 0.05) is 23.7 Å². The number of nitrogens with zero attached hydrogens (tertiary/aromatic N) is 3. The molecule has 2 aromatic heterocycles. The lowest BCUT2D eigenvalue weighted by atomic mass is 9.93. The fraction of sp³-hybridized carbons (Fsp3) is 0.611. The van der Waals surface area contributed by atoms with Gasteiger partial charge in [-0.05, 0) is 52.6 Å². The van der Waals surface area contributed by atoms with Crippen molar-refractivity contribution in [1.29, 1.82) is 0 Å². The number of H-pyrrole nitrogens is 1. The highest BCUT2D eigenvalue weighted by molar-refractivity contribution is 7.13. The number of aromatic nitrogens is 3. The summed E-state index contributed by atoms with van der Waals surface area (Å²) >= 11 is 1.57. The standard InChI is InChI=1S/C18H25N5OS/c1-11-16(25-18(20-11)12-5-4-8-23(2)10-12)17(24)21-14-6-3-7-15-13(14)9-19-22-15/h9,12,14H,3-8,10H2,1-2H3,(H,19,22)(H,21,24). The van der Waals surface area contributed by atoms with Crippen molar-refractivity contribution in [2.24, 2.45) is 0 Å². The largest absolute Gasteiger partial charge is 0.344 e. The maximum absolute atomic E-state index is 12.8. The van der Waals surface area contributed by atoms with Gasteiger partial charge in [0.2, 0.25) is 0 Å². The predicted octanol–water partition coefficient (Wildman–Crippen LogP) is 2.79. The van der Waals surface area contributed by atoms with Crippen LogP contribution in [-0.2, 0) is 6.42 Å². The Balaban J connectivity index is 1.50. The summed E-state index contributed by atoms with van der Waals surface area (Å²) in [5.41, 5.74) is 3.15. The average molecular weight is 359 g/mol. The summed E-state index contributed by atoms with van der Waals surface area (Å²) in [4.78, 5) is 20.7. The first-order valence-corrected chi connectivity index (χ1v) is 9.92. The molecule has 4 rings (SSSR count). The molecule has 1 fully saturated rings. The summed E-state index contributed by atoms with van der Waals surface area (Å²) in [6.07, 6.45) is 7.27. The molecule has 3 heterocycles. The molecule has 2 aliphatic rings. The highest BCUT2D eigenvalue weighted by atomic mass is 32.1. The molecule has 1 aliphatic heterocycles. The average Bonchev–Trinajstić information content (AvgIpc) is 3.22. The number of piperidine rings is 1. The molecule has 1 aliphatic carbocycles. The van der Waals surface area contributed by atoms with Crippen LogP contribution < -0.4 is 5.32 Å². The second kappa shape index (κ2) is 6.88. The van der Waals surface area contributed by atoms with E-state index in [9.17, 15) is 4.79 Å².